The summed E-state index contributed by atoms with van der Waals surface area (Å²) < 4.78 is 27.6. The normalized spacial score (nSPS) is 12.6. The van der Waals surface area contributed by atoms with Crippen LogP contribution in [-0.2, 0) is 26.2 Å². The van der Waals surface area contributed by atoms with Crippen molar-refractivity contribution in [1.82, 2.24) is 14.5 Å². The molecule has 0 bridgehead atoms. The number of likely N-dealkylation sites (N-methyl/N-ethyl adjacent to an activating group) is 1. The number of hydrogen-bond acceptors (Lipinski definition) is 4. The van der Waals surface area contributed by atoms with Crippen LogP contribution in [0.5, 0.6) is 0 Å². The Kier molecular flexibility index (Phi) is 9.90. The molecule has 0 unspecified atom stereocenters. The lowest BCUT2D eigenvalue weighted by molar-refractivity contribution is -0.140. The van der Waals surface area contributed by atoms with Gasteiger partial charge in [0.05, 0.1) is 11.4 Å². The molecule has 2 amide bonds. The molecule has 0 radical (unpaired) electrons. The van der Waals surface area contributed by atoms with Gasteiger partial charge in [-0.15, -0.1) is 0 Å². The molecular formula is C23H29BrClN3O4S. The third kappa shape index (κ3) is 7.81. The third-order valence-electron chi connectivity index (χ3n) is 4.97. The van der Waals surface area contributed by atoms with Crippen LogP contribution in [0.2, 0.25) is 5.02 Å². The summed E-state index contributed by atoms with van der Waals surface area (Å²) in [5, 5.41) is 3.25. The van der Waals surface area contributed by atoms with E-state index >= 15 is 0 Å². The molecule has 0 heterocycles. The van der Waals surface area contributed by atoms with E-state index in [0.29, 0.717) is 11.6 Å². The van der Waals surface area contributed by atoms with Crippen molar-refractivity contribution >= 4 is 49.4 Å². The van der Waals surface area contributed by atoms with Crippen molar-refractivity contribution in [3.63, 3.8) is 0 Å². The van der Waals surface area contributed by atoms with Crippen molar-refractivity contribution in [3.05, 3.63) is 63.6 Å². The number of benzene rings is 2. The van der Waals surface area contributed by atoms with Gasteiger partial charge in [0.2, 0.25) is 21.8 Å². The number of nitrogens with zero attached hydrogens (tertiary/aromatic N) is 2. The molecule has 0 aliphatic carbocycles. The van der Waals surface area contributed by atoms with Gasteiger partial charge in [0.1, 0.15) is 6.04 Å². The van der Waals surface area contributed by atoms with E-state index in [1.54, 1.807) is 6.92 Å². The van der Waals surface area contributed by atoms with Crippen LogP contribution in [0.4, 0.5) is 0 Å². The number of sulfonamides is 1. The molecule has 2 aromatic rings. The minimum atomic E-state index is -3.91. The second kappa shape index (κ2) is 12.0. The van der Waals surface area contributed by atoms with Gasteiger partial charge in [-0.05, 0) is 54.8 Å². The maximum Gasteiger partial charge on any atom is 0.243 e. The van der Waals surface area contributed by atoms with Gasteiger partial charge in [-0.2, -0.15) is 4.31 Å². The van der Waals surface area contributed by atoms with E-state index in [1.165, 1.54) is 36.2 Å². The summed E-state index contributed by atoms with van der Waals surface area (Å²) in [5.74, 6) is -0.525. The van der Waals surface area contributed by atoms with E-state index in [2.05, 4.69) is 21.2 Å². The van der Waals surface area contributed by atoms with E-state index in [1.807, 2.05) is 38.1 Å². The second-order valence-corrected chi connectivity index (χ2v) is 11.6. The predicted molar refractivity (Wildman–Crippen MR) is 133 cm³/mol. The van der Waals surface area contributed by atoms with Gasteiger partial charge in [-0.1, -0.05) is 53.5 Å². The molecule has 0 aromatic heterocycles. The van der Waals surface area contributed by atoms with Crippen LogP contribution in [0.3, 0.4) is 0 Å². The lowest BCUT2D eigenvalue weighted by Crippen LogP contribution is -2.51. The first-order valence-electron chi connectivity index (χ1n) is 10.5. The number of hydrogen-bond donors (Lipinski definition) is 1. The van der Waals surface area contributed by atoms with E-state index < -0.39 is 28.5 Å². The summed E-state index contributed by atoms with van der Waals surface area (Å²) in [6.45, 7) is 5.81. The third-order valence-corrected chi connectivity index (χ3v) is 7.54. The minimum Gasteiger partial charge on any atom is -0.354 e. The standard InChI is InChI=1S/C23H29BrClN3O4S/c1-16(2)13-26-23(30)17(3)28(14-18-6-5-7-19(24)12-18)22(29)15-27(4)33(31,32)21-10-8-20(25)9-11-21/h5-12,16-17H,13-15H2,1-4H3,(H,26,30)/t17-/m0/s1. The Morgan fingerprint density at radius 2 is 1.73 bits per heavy atom. The molecule has 0 aliphatic rings. The summed E-state index contributed by atoms with van der Waals surface area (Å²) in [6.07, 6.45) is 0. The Bertz CT molecular complexity index is 1080. The molecule has 7 nitrogen and oxygen atoms in total. The summed E-state index contributed by atoms with van der Waals surface area (Å²) in [7, 11) is -2.58. The molecule has 0 aliphatic heterocycles. The number of carbonyl (C=O) groups excluding carboxylic acids is 2. The Labute approximate surface area is 209 Å². The van der Waals surface area contributed by atoms with E-state index in [4.69, 9.17) is 11.6 Å². The monoisotopic (exact) mass is 557 g/mol. The predicted octanol–water partition coefficient (Wildman–Crippen LogP) is 3.91. The molecular weight excluding hydrogens is 530 g/mol. The van der Waals surface area contributed by atoms with Crippen molar-refractivity contribution in [2.24, 2.45) is 5.92 Å². The van der Waals surface area contributed by atoms with Crippen molar-refractivity contribution < 1.29 is 18.0 Å². The molecule has 0 saturated heterocycles. The summed E-state index contributed by atoms with van der Waals surface area (Å²) in [6, 6.07) is 12.3. The van der Waals surface area contributed by atoms with Gasteiger partial charge in [0, 0.05) is 29.6 Å². The van der Waals surface area contributed by atoms with Crippen LogP contribution in [0.25, 0.3) is 0 Å². The average molecular weight is 559 g/mol. The summed E-state index contributed by atoms with van der Waals surface area (Å²) in [4.78, 5) is 27.4. The maximum atomic E-state index is 13.3. The summed E-state index contributed by atoms with van der Waals surface area (Å²) >= 11 is 9.27. The number of halogens is 2. The molecule has 0 fully saturated rings. The van der Waals surface area contributed by atoms with Crippen LogP contribution < -0.4 is 5.32 Å². The zero-order valence-corrected chi connectivity index (χ0v) is 22.2. The van der Waals surface area contributed by atoms with Gasteiger partial charge >= 0.3 is 0 Å². The van der Waals surface area contributed by atoms with E-state index in [0.717, 1.165) is 14.3 Å². The number of nitrogens with one attached hydrogen (secondary N) is 1. The molecule has 0 saturated carbocycles. The number of carbonyl (C=O) groups is 2. The fourth-order valence-corrected chi connectivity index (χ4v) is 4.71. The zero-order chi connectivity index (χ0) is 24.8. The quantitative estimate of drug-likeness (QED) is 0.479. The molecule has 180 valence electrons. The highest BCUT2D eigenvalue weighted by molar-refractivity contribution is 9.10. The fourth-order valence-electron chi connectivity index (χ4n) is 3.02. The van der Waals surface area contributed by atoms with Gasteiger partial charge in [0.15, 0.2) is 0 Å². The number of amides is 2. The Morgan fingerprint density at radius 1 is 1.09 bits per heavy atom. The average Bonchev–Trinajstić information content (AvgIpc) is 2.75. The Morgan fingerprint density at radius 3 is 2.30 bits per heavy atom. The highest BCUT2D eigenvalue weighted by Crippen LogP contribution is 2.19. The van der Waals surface area contributed by atoms with Crippen LogP contribution in [0.15, 0.2) is 57.9 Å². The van der Waals surface area contributed by atoms with Gasteiger partial charge < -0.3 is 10.2 Å². The van der Waals surface area contributed by atoms with Crippen LogP contribution in [-0.4, -0.2) is 55.6 Å². The molecule has 33 heavy (non-hydrogen) atoms. The minimum absolute atomic E-state index is 0.0310. The first-order valence-corrected chi connectivity index (χ1v) is 13.1. The molecule has 0 spiro atoms. The summed E-state index contributed by atoms with van der Waals surface area (Å²) in [5.41, 5.74) is 0.810. The molecule has 1 N–H and O–H groups in total. The Balaban J connectivity index is 2.25. The van der Waals surface area contributed by atoms with Crippen LogP contribution >= 0.6 is 27.5 Å². The van der Waals surface area contributed by atoms with Crippen molar-refractivity contribution in [1.29, 1.82) is 0 Å². The van der Waals surface area contributed by atoms with Crippen LogP contribution in [0, 0.1) is 5.92 Å². The molecule has 2 aromatic carbocycles. The van der Waals surface area contributed by atoms with Crippen LogP contribution in [0.1, 0.15) is 26.3 Å². The van der Waals surface area contributed by atoms with Gasteiger partial charge in [-0.3, -0.25) is 9.59 Å². The first kappa shape index (κ1) is 27.3. The van der Waals surface area contributed by atoms with Crippen molar-refractivity contribution in [2.75, 3.05) is 20.1 Å². The molecule has 2 rings (SSSR count). The lowest BCUT2D eigenvalue weighted by atomic mass is 10.1. The fraction of sp³-hybridized carbons (Fsp3) is 0.391. The smallest absolute Gasteiger partial charge is 0.243 e. The zero-order valence-electron chi connectivity index (χ0n) is 19.1. The SMILES string of the molecule is CC(C)CNC(=O)[C@H](C)N(Cc1cccc(Br)c1)C(=O)CN(C)S(=O)(=O)c1ccc(Cl)cc1. The first-order chi connectivity index (χ1) is 15.4. The number of rotatable bonds is 10. The molecule has 1 atom stereocenters. The highest BCUT2D eigenvalue weighted by Gasteiger charge is 2.30. The van der Waals surface area contributed by atoms with Gasteiger partial charge in [-0.25, -0.2) is 8.42 Å². The van der Waals surface area contributed by atoms with E-state index in [-0.39, 0.29) is 23.3 Å². The van der Waals surface area contributed by atoms with Gasteiger partial charge in [0.25, 0.3) is 0 Å². The van der Waals surface area contributed by atoms with Crippen molar-refractivity contribution in [3.8, 4) is 0 Å². The molecule has 10 heteroatoms. The topological polar surface area (TPSA) is 86.8 Å². The van der Waals surface area contributed by atoms with Crippen molar-refractivity contribution in [2.45, 2.75) is 38.3 Å². The second-order valence-electron chi connectivity index (χ2n) is 8.18. The van der Waals surface area contributed by atoms with E-state index in [9.17, 15) is 18.0 Å². The Hall–Kier alpha value is -1.94. The largest absolute Gasteiger partial charge is 0.354 e. The highest BCUT2D eigenvalue weighted by atomic mass is 79.9. The lowest BCUT2D eigenvalue weighted by Gasteiger charge is -2.30. The maximum absolute atomic E-state index is 13.3.